The Bertz CT molecular complexity index is 1010. The highest BCUT2D eigenvalue weighted by Crippen LogP contribution is 2.37. The molecule has 1 aliphatic heterocycles. The Labute approximate surface area is 146 Å². The lowest BCUT2D eigenvalue weighted by Crippen LogP contribution is -2.35. The van der Waals surface area contributed by atoms with Gasteiger partial charge in [-0.25, -0.2) is 4.98 Å². The molecule has 1 saturated carbocycles. The van der Waals surface area contributed by atoms with E-state index in [1.54, 1.807) is 0 Å². The number of aromatic nitrogens is 3. The molecule has 1 N–H and O–H groups in total. The predicted molar refractivity (Wildman–Crippen MR) is 97.6 cm³/mol. The van der Waals surface area contributed by atoms with Crippen molar-refractivity contribution < 1.29 is 0 Å². The summed E-state index contributed by atoms with van der Waals surface area (Å²) in [4.78, 5) is 22.6. The monoisotopic (exact) mass is 334 g/mol. The van der Waals surface area contributed by atoms with Crippen LogP contribution >= 0.6 is 0 Å². The Morgan fingerprint density at radius 3 is 2.96 bits per heavy atom. The fraction of sp³-hybridized carbons (Fsp3) is 0.400. The third-order valence-electron chi connectivity index (χ3n) is 5.50. The molecule has 0 saturated heterocycles. The number of nitrogens with one attached hydrogen (secondary N) is 1. The van der Waals surface area contributed by atoms with Crippen molar-refractivity contribution in [2.45, 2.75) is 38.3 Å². The zero-order valence-electron chi connectivity index (χ0n) is 14.5. The van der Waals surface area contributed by atoms with E-state index in [2.05, 4.69) is 52.0 Å². The molecule has 1 aromatic carbocycles. The predicted octanol–water partition coefficient (Wildman–Crippen LogP) is 2.70. The second-order valence-corrected chi connectivity index (χ2v) is 7.39. The van der Waals surface area contributed by atoms with Gasteiger partial charge in [0.05, 0.1) is 11.3 Å². The minimum Gasteiger partial charge on any atom is -0.350 e. The number of hydrogen-bond acceptors (Lipinski definition) is 3. The average Bonchev–Trinajstić information content (AvgIpc) is 3.42. The topological polar surface area (TPSA) is 53.9 Å². The van der Waals surface area contributed by atoms with E-state index < -0.39 is 0 Å². The number of benzene rings is 1. The van der Waals surface area contributed by atoms with Gasteiger partial charge in [-0.15, -0.1) is 0 Å². The molecule has 1 fully saturated rings. The van der Waals surface area contributed by atoms with Crippen LogP contribution in [0, 0.1) is 0 Å². The Balaban J connectivity index is 1.43. The molecule has 5 nitrogen and oxygen atoms in total. The SMILES string of the molecule is Cn1cc(CN2CCc3nc(C4CC4)[nH]c(=O)c3C2)c2ccccc21. The van der Waals surface area contributed by atoms with Gasteiger partial charge in [-0.05, 0) is 24.5 Å². The van der Waals surface area contributed by atoms with Crippen molar-refractivity contribution in [1.29, 1.82) is 0 Å². The molecule has 2 aromatic heterocycles. The van der Waals surface area contributed by atoms with E-state index in [9.17, 15) is 4.79 Å². The molecule has 5 rings (SSSR count). The van der Waals surface area contributed by atoms with Crippen molar-refractivity contribution in [1.82, 2.24) is 19.4 Å². The highest BCUT2D eigenvalue weighted by molar-refractivity contribution is 5.83. The van der Waals surface area contributed by atoms with E-state index in [0.29, 0.717) is 12.5 Å². The quantitative estimate of drug-likeness (QED) is 0.801. The lowest BCUT2D eigenvalue weighted by atomic mass is 10.1. The first-order valence-electron chi connectivity index (χ1n) is 9.06. The summed E-state index contributed by atoms with van der Waals surface area (Å²) in [6.07, 6.45) is 5.40. The molecule has 1 aliphatic carbocycles. The number of hydrogen-bond donors (Lipinski definition) is 1. The molecule has 2 aliphatic rings. The Morgan fingerprint density at radius 1 is 1.28 bits per heavy atom. The van der Waals surface area contributed by atoms with Crippen molar-refractivity contribution in [3.63, 3.8) is 0 Å². The summed E-state index contributed by atoms with van der Waals surface area (Å²) < 4.78 is 2.18. The van der Waals surface area contributed by atoms with Crippen LogP contribution in [-0.4, -0.2) is 26.0 Å². The molecular formula is C20H22N4O. The molecule has 25 heavy (non-hydrogen) atoms. The van der Waals surface area contributed by atoms with Crippen molar-refractivity contribution in [3.05, 3.63) is 63.5 Å². The third kappa shape index (κ3) is 2.59. The minimum atomic E-state index is 0.0644. The van der Waals surface area contributed by atoms with Crippen LogP contribution in [0.1, 0.15) is 41.4 Å². The number of aromatic amines is 1. The molecule has 0 unspecified atom stereocenters. The second-order valence-electron chi connectivity index (χ2n) is 7.39. The van der Waals surface area contributed by atoms with E-state index in [0.717, 1.165) is 49.4 Å². The maximum Gasteiger partial charge on any atom is 0.255 e. The highest BCUT2D eigenvalue weighted by Gasteiger charge is 2.29. The summed E-state index contributed by atoms with van der Waals surface area (Å²) in [7, 11) is 2.09. The van der Waals surface area contributed by atoms with Gasteiger partial charge in [0.2, 0.25) is 0 Å². The fourth-order valence-electron chi connectivity index (χ4n) is 3.98. The first-order valence-corrected chi connectivity index (χ1v) is 9.06. The van der Waals surface area contributed by atoms with Crippen molar-refractivity contribution in [3.8, 4) is 0 Å². The Kier molecular flexibility index (Phi) is 3.31. The third-order valence-corrected chi connectivity index (χ3v) is 5.50. The largest absolute Gasteiger partial charge is 0.350 e. The van der Waals surface area contributed by atoms with E-state index >= 15 is 0 Å². The summed E-state index contributed by atoms with van der Waals surface area (Å²) in [5.41, 5.74) is 4.51. The standard InChI is InChI=1S/C20H22N4O/c1-23-10-14(15-4-2-3-5-18(15)23)11-24-9-8-17-16(12-24)20(25)22-19(21-17)13-6-7-13/h2-5,10,13H,6-9,11-12H2,1H3,(H,21,22,25). The number of H-pyrrole nitrogens is 1. The molecule has 0 radical (unpaired) electrons. The van der Waals surface area contributed by atoms with Crippen LogP contribution in [0.25, 0.3) is 10.9 Å². The lowest BCUT2D eigenvalue weighted by Gasteiger charge is -2.27. The summed E-state index contributed by atoms with van der Waals surface area (Å²) in [6.45, 7) is 2.51. The minimum absolute atomic E-state index is 0.0644. The summed E-state index contributed by atoms with van der Waals surface area (Å²) >= 11 is 0. The first-order chi connectivity index (χ1) is 12.2. The molecule has 0 spiro atoms. The number of fused-ring (bicyclic) bond motifs is 2. The first kappa shape index (κ1) is 14.9. The van der Waals surface area contributed by atoms with E-state index in [1.807, 2.05) is 0 Å². The van der Waals surface area contributed by atoms with Crippen LogP contribution < -0.4 is 5.56 Å². The molecular weight excluding hydrogens is 312 g/mol. The van der Waals surface area contributed by atoms with Gasteiger partial charge < -0.3 is 9.55 Å². The van der Waals surface area contributed by atoms with Crippen molar-refractivity contribution in [2.24, 2.45) is 7.05 Å². The van der Waals surface area contributed by atoms with Crippen LogP contribution in [0.4, 0.5) is 0 Å². The molecule has 3 aromatic rings. The smallest absolute Gasteiger partial charge is 0.255 e. The van der Waals surface area contributed by atoms with Crippen LogP contribution in [-0.2, 0) is 26.6 Å². The summed E-state index contributed by atoms with van der Waals surface area (Å²) in [5.74, 6) is 1.40. The molecule has 0 amide bonds. The van der Waals surface area contributed by atoms with Crippen LogP contribution in [0.5, 0.6) is 0 Å². The summed E-state index contributed by atoms with van der Waals surface area (Å²) in [5, 5.41) is 1.30. The van der Waals surface area contributed by atoms with Gasteiger partial charge in [0, 0.05) is 56.1 Å². The van der Waals surface area contributed by atoms with E-state index in [4.69, 9.17) is 4.98 Å². The number of nitrogens with zero attached hydrogens (tertiary/aromatic N) is 3. The summed E-state index contributed by atoms with van der Waals surface area (Å²) in [6, 6.07) is 8.49. The molecule has 0 bridgehead atoms. The van der Waals surface area contributed by atoms with Gasteiger partial charge in [-0.2, -0.15) is 0 Å². The molecule has 128 valence electrons. The van der Waals surface area contributed by atoms with E-state index in [-0.39, 0.29) is 5.56 Å². The maximum atomic E-state index is 12.5. The Hall–Kier alpha value is -2.40. The number of para-hydroxylation sites is 1. The molecule has 5 heteroatoms. The van der Waals surface area contributed by atoms with Gasteiger partial charge in [0.1, 0.15) is 5.82 Å². The van der Waals surface area contributed by atoms with Gasteiger partial charge in [0.25, 0.3) is 5.56 Å². The van der Waals surface area contributed by atoms with Crippen LogP contribution in [0.3, 0.4) is 0 Å². The number of rotatable bonds is 3. The maximum absolute atomic E-state index is 12.5. The van der Waals surface area contributed by atoms with Crippen LogP contribution in [0.2, 0.25) is 0 Å². The van der Waals surface area contributed by atoms with Gasteiger partial charge in [0.15, 0.2) is 0 Å². The molecule has 3 heterocycles. The van der Waals surface area contributed by atoms with Gasteiger partial charge in [-0.3, -0.25) is 9.69 Å². The second kappa shape index (κ2) is 5.56. The van der Waals surface area contributed by atoms with Gasteiger partial charge >= 0.3 is 0 Å². The van der Waals surface area contributed by atoms with Gasteiger partial charge in [-0.1, -0.05) is 18.2 Å². The zero-order valence-corrected chi connectivity index (χ0v) is 14.5. The lowest BCUT2D eigenvalue weighted by molar-refractivity contribution is 0.242. The zero-order chi connectivity index (χ0) is 17.0. The normalized spacial score (nSPS) is 17.8. The van der Waals surface area contributed by atoms with E-state index in [1.165, 1.54) is 16.5 Å². The average molecular weight is 334 g/mol. The highest BCUT2D eigenvalue weighted by atomic mass is 16.1. The van der Waals surface area contributed by atoms with Crippen molar-refractivity contribution >= 4 is 10.9 Å². The molecule has 0 atom stereocenters. The Morgan fingerprint density at radius 2 is 2.12 bits per heavy atom. The number of aryl methyl sites for hydroxylation is 1. The fourth-order valence-corrected chi connectivity index (χ4v) is 3.98. The van der Waals surface area contributed by atoms with Crippen molar-refractivity contribution in [2.75, 3.05) is 6.54 Å². The van der Waals surface area contributed by atoms with Crippen LogP contribution in [0.15, 0.2) is 35.3 Å².